The molecule has 0 heterocycles. The van der Waals surface area contributed by atoms with Gasteiger partial charge in [-0.25, -0.2) is 5.43 Å². The Morgan fingerprint density at radius 1 is 1.07 bits per heavy atom. The first-order valence-electron chi connectivity index (χ1n) is 8.55. The minimum atomic E-state index is -1.30. The monoisotopic (exact) mass is 367 g/mol. The van der Waals surface area contributed by atoms with Crippen molar-refractivity contribution in [2.75, 3.05) is 6.61 Å². The lowest BCUT2D eigenvalue weighted by Gasteiger charge is -2.18. The number of rotatable bonds is 6. The van der Waals surface area contributed by atoms with Crippen molar-refractivity contribution < 1.29 is 19.4 Å². The van der Waals surface area contributed by atoms with Crippen molar-refractivity contribution in [2.24, 2.45) is 5.10 Å². The highest BCUT2D eigenvalue weighted by atomic mass is 16.5. The maximum atomic E-state index is 12.3. The molecule has 6 heteroatoms. The van der Waals surface area contributed by atoms with Gasteiger partial charge >= 0.3 is 0 Å². The number of ether oxygens (including phenoxy) is 1. The summed E-state index contributed by atoms with van der Waals surface area (Å²) in [4.78, 5) is 22.7. The maximum Gasteiger partial charge on any atom is 0.271 e. The lowest BCUT2D eigenvalue weighted by atomic mass is 9.87. The molecule has 6 nitrogen and oxygen atoms in total. The average Bonchev–Trinajstić information content (AvgIpc) is 2.63. The van der Waals surface area contributed by atoms with Crippen LogP contribution < -0.4 is 15.3 Å². The van der Waals surface area contributed by atoms with Crippen molar-refractivity contribution >= 4 is 17.6 Å². The lowest BCUT2D eigenvalue weighted by molar-refractivity contribution is -0.307. The van der Waals surface area contributed by atoms with E-state index in [2.05, 4.69) is 31.3 Å². The number of hydrogen-bond acceptors (Lipinski definition) is 5. The molecule has 0 spiro atoms. The summed E-state index contributed by atoms with van der Waals surface area (Å²) in [5.74, 6) is -1.22. The molecule has 0 radical (unpaired) electrons. The number of carboxylic acids is 1. The summed E-state index contributed by atoms with van der Waals surface area (Å²) < 4.78 is 5.09. The van der Waals surface area contributed by atoms with Crippen molar-refractivity contribution in [3.8, 4) is 5.75 Å². The van der Waals surface area contributed by atoms with Gasteiger partial charge in [0.15, 0.2) is 0 Å². The van der Waals surface area contributed by atoms with Gasteiger partial charge in [-0.3, -0.25) is 4.79 Å². The fourth-order valence-corrected chi connectivity index (χ4v) is 2.34. The van der Waals surface area contributed by atoms with Crippen molar-refractivity contribution in [1.82, 2.24) is 5.43 Å². The molecule has 0 aliphatic carbocycles. The van der Waals surface area contributed by atoms with Crippen LogP contribution >= 0.6 is 0 Å². The average molecular weight is 367 g/mol. The molecule has 1 N–H and O–H groups in total. The Morgan fingerprint density at radius 3 is 2.33 bits per heavy atom. The summed E-state index contributed by atoms with van der Waals surface area (Å²) in [5.41, 5.74) is 5.48. The summed E-state index contributed by atoms with van der Waals surface area (Å²) >= 11 is 0. The van der Waals surface area contributed by atoms with E-state index in [1.165, 1.54) is 0 Å². The van der Waals surface area contributed by atoms with Crippen LogP contribution in [-0.2, 0) is 10.2 Å². The van der Waals surface area contributed by atoms with Crippen molar-refractivity contribution in [2.45, 2.75) is 33.1 Å². The van der Waals surface area contributed by atoms with E-state index in [9.17, 15) is 14.7 Å². The Hall–Kier alpha value is -3.15. The number of carboxylic acid groups (broad SMARTS) is 1. The SMILES string of the molecule is C/C(=N/NC(=O)c1ccc(C(C)(C)C)cc1)c1cccc(OCC(=O)[O-])c1. The van der Waals surface area contributed by atoms with E-state index in [1.807, 2.05) is 12.1 Å². The highest BCUT2D eigenvalue weighted by Crippen LogP contribution is 2.22. The number of benzene rings is 2. The predicted octanol–water partition coefficient (Wildman–Crippen LogP) is 2.27. The van der Waals surface area contributed by atoms with E-state index in [4.69, 9.17) is 4.74 Å². The molecule has 0 aliphatic heterocycles. The second kappa shape index (κ2) is 8.49. The van der Waals surface area contributed by atoms with Gasteiger partial charge in [0.25, 0.3) is 5.91 Å². The minimum absolute atomic E-state index is 0.0214. The lowest BCUT2D eigenvalue weighted by Crippen LogP contribution is -2.28. The Bertz CT molecular complexity index is 849. The number of amides is 1. The van der Waals surface area contributed by atoms with Gasteiger partial charge < -0.3 is 14.6 Å². The molecule has 142 valence electrons. The van der Waals surface area contributed by atoms with Crippen LogP contribution in [0.15, 0.2) is 53.6 Å². The van der Waals surface area contributed by atoms with Crippen LogP contribution in [0.25, 0.3) is 0 Å². The zero-order valence-corrected chi connectivity index (χ0v) is 15.9. The van der Waals surface area contributed by atoms with Gasteiger partial charge in [-0.1, -0.05) is 45.0 Å². The van der Waals surface area contributed by atoms with Crippen LogP contribution in [0.1, 0.15) is 49.2 Å². The minimum Gasteiger partial charge on any atom is -0.546 e. The first-order valence-corrected chi connectivity index (χ1v) is 8.55. The molecule has 0 aliphatic rings. The van der Waals surface area contributed by atoms with Crippen LogP contribution in [0.3, 0.4) is 0 Å². The number of hydrazone groups is 1. The van der Waals surface area contributed by atoms with Gasteiger partial charge in [0.2, 0.25) is 0 Å². The number of carbonyl (C=O) groups is 2. The Kier molecular flexibility index (Phi) is 6.34. The summed E-state index contributed by atoms with van der Waals surface area (Å²) in [6, 6.07) is 14.2. The van der Waals surface area contributed by atoms with Crippen LogP contribution in [0.5, 0.6) is 5.75 Å². The molecule has 0 fully saturated rings. The number of aliphatic carboxylic acids is 1. The van der Waals surface area contributed by atoms with Gasteiger partial charge in [0, 0.05) is 11.1 Å². The van der Waals surface area contributed by atoms with E-state index in [0.717, 1.165) is 5.56 Å². The second-order valence-electron chi connectivity index (χ2n) is 7.15. The van der Waals surface area contributed by atoms with Gasteiger partial charge in [-0.05, 0) is 42.2 Å². The van der Waals surface area contributed by atoms with E-state index in [1.54, 1.807) is 43.3 Å². The zero-order valence-electron chi connectivity index (χ0n) is 15.9. The predicted molar refractivity (Wildman–Crippen MR) is 102 cm³/mol. The molecular weight excluding hydrogens is 344 g/mol. The van der Waals surface area contributed by atoms with Gasteiger partial charge in [0.1, 0.15) is 12.4 Å². The third-order valence-corrected chi connectivity index (χ3v) is 3.95. The molecule has 0 bridgehead atoms. The van der Waals surface area contributed by atoms with Crippen molar-refractivity contribution in [1.29, 1.82) is 0 Å². The van der Waals surface area contributed by atoms with Crippen LogP contribution in [0.2, 0.25) is 0 Å². The van der Waals surface area contributed by atoms with E-state index in [0.29, 0.717) is 22.6 Å². The molecule has 0 saturated heterocycles. The fourth-order valence-electron chi connectivity index (χ4n) is 2.34. The summed E-state index contributed by atoms with van der Waals surface area (Å²) in [6.45, 7) is 7.55. The third-order valence-electron chi connectivity index (χ3n) is 3.95. The van der Waals surface area contributed by atoms with Gasteiger partial charge in [-0.2, -0.15) is 5.10 Å². The summed E-state index contributed by atoms with van der Waals surface area (Å²) in [5, 5.41) is 14.6. The molecule has 2 aromatic rings. The van der Waals surface area contributed by atoms with E-state index < -0.39 is 12.6 Å². The largest absolute Gasteiger partial charge is 0.546 e. The summed E-state index contributed by atoms with van der Waals surface area (Å²) in [7, 11) is 0. The van der Waals surface area contributed by atoms with Crippen molar-refractivity contribution in [3.05, 3.63) is 65.2 Å². The molecule has 0 aromatic heterocycles. The Labute approximate surface area is 158 Å². The standard InChI is InChI=1S/C21H24N2O4/c1-14(16-6-5-7-18(12-16)27-13-19(24)25)22-23-20(26)15-8-10-17(11-9-15)21(2,3)4/h5-12H,13H2,1-4H3,(H,23,26)(H,24,25)/p-1/b22-14-. The van der Waals surface area contributed by atoms with Crippen LogP contribution in [0, 0.1) is 0 Å². The third kappa shape index (κ3) is 5.95. The van der Waals surface area contributed by atoms with E-state index in [-0.39, 0.29) is 11.3 Å². The normalized spacial score (nSPS) is 11.8. The molecular formula is C21H23N2O4-. The molecule has 0 unspecified atom stereocenters. The summed E-state index contributed by atoms with van der Waals surface area (Å²) in [6.07, 6.45) is 0. The van der Waals surface area contributed by atoms with Crippen molar-refractivity contribution in [3.63, 3.8) is 0 Å². The molecule has 2 rings (SSSR count). The number of hydrogen-bond donors (Lipinski definition) is 1. The smallest absolute Gasteiger partial charge is 0.271 e. The molecule has 0 saturated carbocycles. The fraction of sp³-hybridized carbons (Fsp3) is 0.286. The quantitative estimate of drug-likeness (QED) is 0.626. The van der Waals surface area contributed by atoms with E-state index >= 15 is 0 Å². The topological polar surface area (TPSA) is 90.8 Å². The number of nitrogens with zero attached hydrogens (tertiary/aromatic N) is 1. The number of nitrogens with one attached hydrogen (secondary N) is 1. The van der Waals surface area contributed by atoms with Gasteiger partial charge in [-0.15, -0.1) is 0 Å². The van der Waals surface area contributed by atoms with Crippen LogP contribution in [-0.4, -0.2) is 24.2 Å². The zero-order chi connectivity index (χ0) is 20.0. The first-order chi connectivity index (χ1) is 12.7. The van der Waals surface area contributed by atoms with Crippen LogP contribution in [0.4, 0.5) is 0 Å². The first kappa shape index (κ1) is 20.2. The molecule has 2 aromatic carbocycles. The molecule has 27 heavy (non-hydrogen) atoms. The Morgan fingerprint density at radius 2 is 1.74 bits per heavy atom. The molecule has 0 atom stereocenters. The Balaban J connectivity index is 2.05. The highest BCUT2D eigenvalue weighted by Gasteiger charge is 2.14. The maximum absolute atomic E-state index is 12.3. The highest BCUT2D eigenvalue weighted by molar-refractivity contribution is 6.01. The van der Waals surface area contributed by atoms with Gasteiger partial charge in [0.05, 0.1) is 11.7 Å². The number of carbonyl (C=O) groups excluding carboxylic acids is 2. The molecule has 1 amide bonds. The second-order valence-corrected chi connectivity index (χ2v) is 7.15.